The first-order valence-electron chi connectivity index (χ1n) is 7.64. The summed E-state index contributed by atoms with van der Waals surface area (Å²) < 4.78 is 0. The summed E-state index contributed by atoms with van der Waals surface area (Å²) in [6.07, 6.45) is 7.88. The Morgan fingerprint density at radius 1 is 1.16 bits per heavy atom. The van der Waals surface area contributed by atoms with E-state index in [2.05, 4.69) is 28.2 Å². The lowest BCUT2D eigenvalue weighted by Crippen LogP contribution is -2.27. The molecule has 1 saturated heterocycles. The number of hydrogen-bond donors (Lipinski definition) is 1. The Balaban J connectivity index is 1.71. The molecule has 104 valence electrons. The van der Waals surface area contributed by atoms with Crippen LogP contribution in [-0.4, -0.2) is 29.1 Å². The summed E-state index contributed by atoms with van der Waals surface area (Å²) in [4.78, 5) is 11.7. The van der Waals surface area contributed by atoms with E-state index < -0.39 is 0 Å². The van der Waals surface area contributed by atoms with E-state index in [-0.39, 0.29) is 0 Å². The van der Waals surface area contributed by atoms with Crippen LogP contribution in [0.25, 0.3) is 0 Å². The lowest BCUT2D eigenvalue weighted by atomic mass is 10.2. The van der Waals surface area contributed by atoms with Crippen LogP contribution in [0.1, 0.15) is 49.9 Å². The Morgan fingerprint density at radius 2 is 1.89 bits per heavy atom. The van der Waals surface area contributed by atoms with Gasteiger partial charge in [-0.05, 0) is 38.7 Å². The van der Waals surface area contributed by atoms with Crippen molar-refractivity contribution in [3.63, 3.8) is 0 Å². The molecule has 1 N–H and O–H groups in total. The average molecular weight is 260 g/mol. The van der Waals surface area contributed by atoms with Gasteiger partial charge in [-0.25, -0.2) is 9.97 Å². The molecule has 2 heterocycles. The maximum Gasteiger partial charge on any atom is 0.225 e. The molecular weight excluding hydrogens is 236 g/mol. The Bertz CT molecular complexity index is 420. The van der Waals surface area contributed by atoms with Crippen LogP contribution >= 0.6 is 0 Å². The summed E-state index contributed by atoms with van der Waals surface area (Å²) in [5.41, 5.74) is 2.22. The van der Waals surface area contributed by atoms with E-state index in [1.54, 1.807) is 0 Å². The highest BCUT2D eigenvalue weighted by Crippen LogP contribution is 2.20. The molecule has 4 nitrogen and oxygen atoms in total. The van der Waals surface area contributed by atoms with Gasteiger partial charge in [-0.2, -0.15) is 0 Å². The molecule has 0 aromatic carbocycles. The number of anilines is 1. The largest absolute Gasteiger partial charge is 0.341 e. The third-order valence-corrected chi connectivity index (χ3v) is 3.93. The maximum atomic E-state index is 4.75. The predicted octanol–water partition coefficient (Wildman–Crippen LogP) is 2.42. The molecule has 2 fully saturated rings. The highest BCUT2D eigenvalue weighted by atomic mass is 15.3. The molecule has 0 bridgehead atoms. The van der Waals surface area contributed by atoms with E-state index in [1.165, 1.54) is 38.5 Å². The van der Waals surface area contributed by atoms with Gasteiger partial charge in [0.25, 0.3) is 0 Å². The number of nitrogens with one attached hydrogen (secondary N) is 1. The normalized spacial score (nSPS) is 20.4. The maximum absolute atomic E-state index is 4.75. The molecule has 4 heteroatoms. The standard InChI is InChI=1S/C15H24N4/c1-12-10-14(11-16-13-6-7-13)18-15(17-12)19-8-4-2-3-5-9-19/h10,13,16H,2-9,11H2,1H3. The van der Waals surface area contributed by atoms with Crippen molar-refractivity contribution in [1.82, 2.24) is 15.3 Å². The van der Waals surface area contributed by atoms with Gasteiger partial charge in [-0.3, -0.25) is 0 Å². The molecule has 3 rings (SSSR count). The molecule has 1 saturated carbocycles. The van der Waals surface area contributed by atoms with Crippen molar-refractivity contribution in [2.75, 3.05) is 18.0 Å². The van der Waals surface area contributed by atoms with Crippen molar-refractivity contribution in [2.24, 2.45) is 0 Å². The first-order valence-corrected chi connectivity index (χ1v) is 7.64. The van der Waals surface area contributed by atoms with Gasteiger partial charge in [0.1, 0.15) is 0 Å². The van der Waals surface area contributed by atoms with E-state index in [9.17, 15) is 0 Å². The van der Waals surface area contributed by atoms with E-state index in [1.807, 2.05) is 0 Å². The molecule has 1 aliphatic heterocycles. The highest BCUT2D eigenvalue weighted by molar-refractivity contribution is 5.32. The predicted molar refractivity (Wildman–Crippen MR) is 77.3 cm³/mol. The lowest BCUT2D eigenvalue weighted by Gasteiger charge is -2.21. The first-order chi connectivity index (χ1) is 9.31. The summed E-state index contributed by atoms with van der Waals surface area (Å²) in [5, 5.41) is 3.53. The molecule has 1 aliphatic carbocycles. The SMILES string of the molecule is Cc1cc(CNC2CC2)nc(N2CCCCCC2)n1. The summed E-state index contributed by atoms with van der Waals surface area (Å²) in [6.45, 7) is 5.18. The highest BCUT2D eigenvalue weighted by Gasteiger charge is 2.20. The van der Waals surface area contributed by atoms with E-state index in [4.69, 9.17) is 4.98 Å². The Morgan fingerprint density at radius 3 is 2.58 bits per heavy atom. The van der Waals surface area contributed by atoms with E-state index >= 15 is 0 Å². The zero-order valence-corrected chi connectivity index (χ0v) is 11.9. The van der Waals surface area contributed by atoms with Crippen LogP contribution in [-0.2, 0) is 6.54 Å². The van der Waals surface area contributed by atoms with Crippen LogP contribution in [0.3, 0.4) is 0 Å². The second-order valence-corrected chi connectivity index (χ2v) is 5.86. The average Bonchev–Trinajstić information content (AvgIpc) is 3.23. The zero-order chi connectivity index (χ0) is 13.1. The fourth-order valence-electron chi connectivity index (χ4n) is 2.66. The Hall–Kier alpha value is -1.16. The van der Waals surface area contributed by atoms with Crippen molar-refractivity contribution >= 4 is 5.95 Å². The van der Waals surface area contributed by atoms with Gasteiger partial charge in [0.15, 0.2) is 0 Å². The number of rotatable bonds is 4. The van der Waals surface area contributed by atoms with Gasteiger partial charge in [0, 0.05) is 31.4 Å². The minimum Gasteiger partial charge on any atom is -0.341 e. The van der Waals surface area contributed by atoms with Crippen molar-refractivity contribution in [1.29, 1.82) is 0 Å². The lowest BCUT2D eigenvalue weighted by molar-refractivity contribution is 0.666. The van der Waals surface area contributed by atoms with Crippen LogP contribution in [0.4, 0.5) is 5.95 Å². The smallest absolute Gasteiger partial charge is 0.225 e. The van der Waals surface area contributed by atoms with Gasteiger partial charge in [0.2, 0.25) is 5.95 Å². The van der Waals surface area contributed by atoms with Crippen LogP contribution in [0, 0.1) is 6.92 Å². The Labute approximate surface area is 115 Å². The molecule has 0 atom stereocenters. The van der Waals surface area contributed by atoms with Gasteiger partial charge in [-0.15, -0.1) is 0 Å². The summed E-state index contributed by atoms with van der Waals surface area (Å²) in [5.74, 6) is 0.939. The van der Waals surface area contributed by atoms with Gasteiger partial charge in [-0.1, -0.05) is 12.8 Å². The monoisotopic (exact) mass is 260 g/mol. The molecular formula is C15H24N4. The molecule has 0 amide bonds. The molecule has 0 unspecified atom stereocenters. The van der Waals surface area contributed by atoms with Crippen molar-refractivity contribution in [3.05, 3.63) is 17.5 Å². The van der Waals surface area contributed by atoms with Gasteiger partial charge < -0.3 is 10.2 Å². The van der Waals surface area contributed by atoms with Crippen LogP contribution in [0.15, 0.2) is 6.07 Å². The molecule has 19 heavy (non-hydrogen) atoms. The second kappa shape index (κ2) is 5.87. The number of aryl methyl sites for hydroxylation is 1. The topological polar surface area (TPSA) is 41.1 Å². The minimum atomic E-state index is 0.733. The molecule has 2 aliphatic rings. The molecule has 1 aromatic heterocycles. The third-order valence-electron chi connectivity index (χ3n) is 3.93. The minimum absolute atomic E-state index is 0.733. The van der Waals surface area contributed by atoms with Crippen LogP contribution in [0.2, 0.25) is 0 Å². The molecule has 1 aromatic rings. The Kier molecular flexibility index (Phi) is 3.97. The first kappa shape index (κ1) is 12.9. The third kappa shape index (κ3) is 3.66. The zero-order valence-electron chi connectivity index (χ0n) is 11.9. The summed E-state index contributed by atoms with van der Waals surface area (Å²) >= 11 is 0. The van der Waals surface area contributed by atoms with Crippen molar-refractivity contribution < 1.29 is 0 Å². The fraction of sp³-hybridized carbons (Fsp3) is 0.733. The van der Waals surface area contributed by atoms with Crippen molar-refractivity contribution in [2.45, 2.75) is 58.0 Å². The fourth-order valence-corrected chi connectivity index (χ4v) is 2.66. The number of nitrogens with zero attached hydrogens (tertiary/aromatic N) is 3. The number of hydrogen-bond acceptors (Lipinski definition) is 4. The summed E-state index contributed by atoms with van der Waals surface area (Å²) in [6, 6.07) is 2.84. The van der Waals surface area contributed by atoms with Gasteiger partial charge >= 0.3 is 0 Å². The molecule has 0 radical (unpaired) electrons. The van der Waals surface area contributed by atoms with Gasteiger partial charge in [0.05, 0.1) is 5.69 Å². The quantitative estimate of drug-likeness (QED) is 0.902. The van der Waals surface area contributed by atoms with Crippen LogP contribution in [0.5, 0.6) is 0 Å². The molecule has 0 spiro atoms. The van der Waals surface area contributed by atoms with E-state index in [0.29, 0.717) is 0 Å². The van der Waals surface area contributed by atoms with E-state index in [0.717, 1.165) is 43.0 Å². The number of aromatic nitrogens is 2. The van der Waals surface area contributed by atoms with Crippen molar-refractivity contribution in [3.8, 4) is 0 Å². The van der Waals surface area contributed by atoms with Crippen LogP contribution < -0.4 is 10.2 Å². The second-order valence-electron chi connectivity index (χ2n) is 5.86. The summed E-state index contributed by atoms with van der Waals surface area (Å²) in [7, 11) is 0.